The highest BCUT2D eigenvalue weighted by atomic mass is 16.1. The van der Waals surface area contributed by atoms with Crippen molar-refractivity contribution in [3.05, 3.63) is 11.1 Å². The van der Waals surface area contributed by atoms with E-state index in [-0.39, 0.29) is 22.2 Å². The van der Waals surface area contributed by atoms with Crippen LogP contribution in [0.15, 0.2) is 16.1 Å². The van der Waals surface area contributed by atoms with Crippen LogP contribution >= 0.6 is 0 Å². The van der Waals surface area contributed by atoms with Gasteiger partial charge in [-0.25, -0.2) is 4.99 Å². The number of carbonyl (C=O) groups is 1. The van der Waals surface area contributed by atoms with Crippen LogP contribution in [0.5, 0.6) is 0 Å². The van der Waals surface area contributed by atoms with E-state index in [1.807, 2.05) is 0 Å². The largest absolute Gasteiger partial charge is 0.274 e. The quantitative estimate of drug-likeness (QED) is 0.625. The van der Waals surface area contributed by atoms with Gasteiger partial charge in [0.15, 0.2) is 0 Å². The molecule has 1 rings (SSSR count). The molecule has 1 aliphatic heterocycles. The summed E-state index contributed by atoms with van der Waals surface area (Å²) in [5.41, 5.74) is 2.69. The van der Waals surface area contributed by atoms with Gasteiger partial charge in [-0.2, -0.15) is 0 Å². The van der Waals surface area contributed by atoms with Crippen molar-refractivity contribution in [2.45, 2.75) is 62.3 Å². The summed E-state index contributed by atoms with van der Waals surface area (Å²) in [5.74, 6) is -0.0441. The predicted molar refractivity (Wildman–Crippen MR) is 77.8 cm³/mol. The number of nitrogens with zero attached hydrogens (tertiary/aromatic N) is 1. The van der Waals surface area contributed by atoms with Crippen LogP contribution in [0.1, 0.15) is 62.3 Å². The third kappa shape index (κ3) is 2.73. The predicted octanol–water partition coefficient (Wildman–Crippen LogP) is 4.40. The summed E-state index contributed by atoms with van der Waals surface area (Å²) in [6, 6.07) is 0. The van der Waals surface area contributed by atoms with Crippen LogP contribution in [-0.2, 0) is 4.79 Å². The van der Waals surface area contributed by atoms with E-state index in [1.54, 1.807) is 0 Å². The van der Waals surface area contributed by atoms with Crippen molar-refractivity contribution < 1.29 is 4.79 Å². The fourth-order valence-electron chi connectivity index (χ4n) is 2.41. The van der Waals surface area contributed by atoms with Gasteiger partial charge in [-0.05, 0) is 16.4 Å². The summed E-state index contributed by atoms with van der Waals surface area (Å²) in [6.45, 7) is 19.1. The normalized spacial score (nSPS) is 18.5. The van der Waals surface area contributed by atoms with E-state index >= 15 is 0 Å². The zero-order valence-corrected chi connectivity index (χ0v) is 13.4. The first-order chi connectivity index (χ1) is 7.76. The van der Waals surface area contributed by atoms with Crippen LogP contribution in [0.25, 0.3) is 0 Å². The van der Waals surface area contributed by atoms with Crippen molar-refractivity contribution in [3.63, 3.8) is 0 Å². The maximum Gasteiger partial charge on any atom is 0.274 e. The van der Waals surface area contributed by atoms with Crippen molar-refractivity contribution in [2.24, 2.45) is 21.2 Å². The molecule has 18 heavy (non-hydrogen) atoms. The van der Waals surface area contributed by atoms with Crippen LogP contribution in [0.3, 0.4) is 0 Å². The highest BCUT2D eigenvalue weighted by Crippen LogP contribution is 2.44. The molecular formula is C16H27NO. The molecule has 1 aliphatic rings. The van der Waals surface area contributed by atoms with Gasteiger partial charge in [0.2, 0.25) is 0 Å². The molecule has 1 heterocycles. The molecule has 0 bridgehead atoms. The molecule has 0 saturated heterocycles. The number of hydrogen-bond acceptors (Lipinski definition) is 1. The van der Waals surface area contributed by atoms with Gasteiger partial charge in [0.05, 0.1) is 5.71 Å². The number of allylic oxidation sites excluding steroid dienone is 1. The number of rotatable bonds is 0. The number of hydrogen-bond donors (Lipinski definition) is 0. The Balaban J connectivity index is 3.58. The summed E-state index contributed by atoms with van der Waals surface area (Å²) in [7, 11) is 0. The second kappa shape index (κ2) is 4.04. The number of aliphatic imine (C=N–C) groups is 1. The maximum atomic E-state index is 12.3. The molecule has 1 amide bonds. The minimum absolute atomic E-state index is 0.0441. The van der Waals surface area contributed by atoms with E-state index < -0.39 is 0 Å². The third-order valence-corrected chi connectivity index (χ3v) is 3.12. The molecule has 0 N–H and O–H groups in total. The van der Waals surface area contributed by atoms with Crippen LogP contribution in [0.2, 0.25) is 0 Å². The first-order valence-electron chi connectivity index (χ1n) is 6.65. The summed E-state index contributed by atoms with van der Waals surface area (Å²) < 4.78 is 0. The van der Waals surface area contributed by atoms with Crippen LogP contribution in [0.4, 0.5) is 0 Å². The summed E-state index contributed by atoms with van der Waals surface area (Å²) in [5, 5.41) is 0. The molecule has 0 aromatic rings. The van der Waals surface area contributed by atoms with Gasteiger partial charge >= 0.3 is 0 Å². The lowest BCUT2D eigenvalue weighted by Crippen LogP contribution is -2.29. The van der Waals surface area contributed by atoms with E-state index in [0.717, 1.165) is 16.9 Å². The summed E-state index contributed by atoms with van der Waals surface area (Å²) in [4.78, 5) is 16.6. The molecule has 0 aromatic carbocycles. The molecule has 0 aliphatic carbocycles. The maximum absolute atomic E-state index is 12.3. The number of carbonyl (C=O) groups excluding carboxylic acids is 1. The Morgan fingerprint density at radius 2 is 1.06 bits per heavy atom. The van der Waals surface area contributed by atoms with Crippen molar-refractivity contribution in [3.8, 4) is 0 Å². The Bertz CT molecular complexity index is 431. The Hall–Kier alpha value is -0.920. The Morgan fingerprint density at radius 1 is 0.667 bits per heavy atom. The third-order valence-electron chi connectivity index (χ3n) is 3.12. The van der Waals surface area contributed by atoms with Gasteiger partial charge in [-0.3, -0.25) is 4.79 Å². The van der Waals surface area contributed by atoms with Crippen molar-refractivity contribution in [1.29, 1.82) is 0 Å². The lowest BCUT2D eigenvalue weighted by molar-refractivity contribution is -0.115. The molecule has 102 valence electrons. The molecule has 0 spiro atoms. The molecule has 0 radical (unpaired) electrons. The molecule has 2 nitrogen and oxygen atoms in total. The van der Waals surface area contributed by atoms with Gasteiger partial charge < -0.3 is 0 Å². The minimum atomic E-state index is -0.157. The Morgan fingerprint density at radius 3 is 1.33 bits per heavy atom. The van der Waals surface area contributed by atoms with E-state index in [9.17, 15) is 4.79 Å². The highest BCUT2D eigenvalue weighted by molar-refractivity contribution is 6.22. The lowest BCUT2D eigenvalue weighted by atomic mass is 9.70. The van der Waals surface area contributed by atoms with Gasteiger partial charge in [-0.15, -0.1) is 0 Å². The highest BCUT2D eigenvalue weighted by Gasteiger charge is 2.42. The van der Waals surface area contributed by atoms with Gasteiger partial charge in [0.1, 0.15) is 0 Å². The standard InChI is InChI=1S/C16H27NO/c1-14(2,3)10-11(15(4,5)6)13(18)17-12(10)16(7,8)9/h1-9H3. The van der Waals surface area contributed by atoms with Crippen molar-refractivity contribution in [1.82, 2.24) is 0 Å². The topological polar surface area (TPSA) is 29.4 Å². The van der Waals surface area contributed by atoms with E-state index in [1.165, 1.54) is 0 Å². The second-order valence-electron chi connectivity index (χ2n) is 8.27. The zero-order valence-electron chi connectivity index (χ0n) is 13.4. The summed E-state index contributed by atoms with van der Waals surface area (Å²) >= 11 is 0. The Labute approximate surface area is 112 Å². The molecule has 0 atom stereocenters. The fraction of sp³-hybridized carbons (Fsp3) is 0.750. The lowest BCUT2D eigenvalue weighted by Gasteiger charge is -2.32. The molecule has 0 fully saturated rings. The number of amides is 1. The minimum Gasteiger partial charge on any atom is -0.267 e. The molecule has 0 aromatic heterocycles. The van der Waals surface area contributed by atoms with Crippen molar-refractivity contribution >= 4 is 11.6 Å². The van der Waals surface area contributed by atoms with E-state index in [0.29, 0.717) is 0 Å². The van der Waals surface area contributed by atoms with Crippen LogP contribution < -0.4 is 0 Å². The molecule has 2 heteroatoms. The smallest absolute Gasteiger partial charge is 0.267 e. The summed E-state index contributed by atoms with van der Waals surface area (Å²) in [6.07, 6.45) is 0. The van der Waals surface area contributed by atoms with Crippen molar-refractivity contribution in [2.75, 3.05) is 0 Å². The van der Waals surface area contributed by atoms with Crippen LogP contribution in [0, 0.1) is 16.2 Å². The van der Waals surface area contributed by atoms with E-state index in [4.69, 9.17) is 0 Å². The molecule has 0 saturated carbocycles. The van der Waals surface area contributed by atoms with Gasteiger partial charge in [-0.1, -0.05) is 62.3 Å². The van der Waals surface area contributed by atoms with E-state index in [2.05, 4.69) is 67.3 Å². The average molecular weight is 249 g/mol. The van der Waals surface area contributed by atoms with Gasteiger partial charge in [0, 0.05) is 11.0 Å². The second-order valence-corrected chi connectivity index (χ2v) is 8.27. The first-order valence-corrected chi connectivity index (χ1v) is 6.65. The molecule has 0 unspecified atom stereocenters. The molecular weight excluding hydrogens is 222 g/mol. The Kier molecular flexibility index (Phi) is 3.40. The fourth-order valence-corrected chi connectivity index (χ4v) is 2.41. The van der Waals surface area contributed by atoms with Crippen LogP contribution in [-0.4, -0.2) is 11.6 Å². The van der Waals surface area contributed by atoms with Gasteiger partial charge in [0.25, 0.3) is 5.91 Å². The monoisotopic (exact) mass is 249 g/mol. The SMILES string of the molecule is CC(C)(C)C1=NC(=O)C(C(C)(C)C)=C1C(C)(C)C. The first kappa shape index (κ1) is 15.1. The average Bonchev–Trinajstić information content (AvgIpc) is 2.39. The zero-order chi connectivity index (χ0) is 14.5.